The number of aromatic nitrogens is 2. The molecule has 1 aromatic carbocycles. The molecule has 1 aromatic heterocycles. The highest BCUT2D eigenvalue weighted by Gasteiger charge is 2.20. The highest BCUT2D eigenvalue weighted by Crippen LogP contribution is 2.13. The molecule has 2 aromatic rings. The van der Waals surface area contributed by atoms with Crippen molar-refractivity contribution in [1.82, 2.24) is 14.5 Å². The summed E-state index contributed by atoms with van der Waals surface area (Å²) in [6, 6.07) is 8.63. The zero-order valence-electron chi connectivity index (χ0n) is 11.1. The summed E-state index contributed by atoms with van der Waals surface area (Å²) in [5, 5.41) is 0. The average Bonchev–Trinajstić information content (AvgIpc) is 2.94. The van der Waals surface area contributed by atoms with Crippen LogP contribution in [-0.2, 0) is 22.9 Å². The van der Waals surface area contributed by atoms with Crippen molar-refractivity contribution >= 4 is 9.84 Å². The van der Waals surface area contributed by atoms with Crippen LogP contribution < -0.4 is 0 Å². The number of imidazole rings is 1. The number of fused-ring (bicyclic) bond motifs is 1. The Morgan fingerprint density at radius 1 is 1.15 bits per heavy atom. The van der Waals surface area contributed by atoms with Crippen molar-refractivity contribution in [2.24, 2.45) is 0 Å². The van der Waals surface area contributed by atoms with E-state index >= 15 is 0 Å². The Hall–Kier alpha value is -1.66. The van der Waals surface area contributed by atoms with Gasteiger partial charge in [-0.1, -0.05) is 18.2 Å². The van der Waals surface area contributed by atoms with E-state index in [-0.39, 0.29) is 5.75 Å². The third kappa shape index (κ3) is 2.76. The number of rotatable bonds is 4. The van der Waals surface area contributed by atoms with Crippen LogP contribution in [0.15, 0.2) is 47.6 Å². The maximum absolute atomic E-state index is 12.2. The molecule has 0 radical (unpaired) electrons. The fourth-order valence-electron chi connectivity index (χ4n) is 2.41. The molecule has 2 heterocycles. The molecule has 0 unspecified atom stereocenters. The Kier molecular flexibility index (Phi) is 3.58. The first-order chi connectivity index (χ1) is 9.65. The second-order valence-corrected chi connectivity index (χ2v) is 7.05. The Morgan fingerprint density at radius 2 is 1.95 bits per heavy atom. The van der Waals surface area contributed by atoms with Crippen molar-refractivity contribution in [3.63, 3.8) is 0 Å². The van der Waals surface area contributed by atoms with E-state index in [4.69, 9.17) is 0 Å². The van der Waals surface area contributed by atoms with E-state index in [0.29, 0.717) is 11.4 Å². The summed E-state index contributed by atoms with van der Waals surface area (Å²) >= 11 is 0. The van der Waals surface area contributed by atoms with Gasteiger partial charge in [-0.3, -0.25) is 4.90 Å². The summed E-state index contributed by atoms with van der Waals surface area (Å²) in [6.45, 7) is 3.01. The van der Waals surface area contributed by atoms with Crippen LogP contribution in [-0.4, -0.2) is 41.7 Å². The van der Waals surface area contributed by atoms with Crippen LogP contribution in [0.2, 0.25) is 0 Å². The molecule has 0 atom stereocenters. The Labute approximate surface area is 118 Å². The van der Waals surface area contributed by atoms with Crippen LogP contribution in [0.4, 0.5) is 0 Å². The standard InChI is InChI=1S/C14H17N3O2S/c18-20(19,13-4-2-1-3-5-13)11-10-16-8-9-17-7-6-15-14(17)12-16/h1-7H,8-12H2. The molecule has 0 spiro atoms. The van der Waals surface area contributed by atoms with Crippen molar-refractivity contribution < 1.29 is 8.42 Å². The van der Waals surface area contributed by atoms with Crippen molar-refractivity contribution in [2.75, 3.05) is 18.8 Å². The summed E-state index contributed by atoms with van der Waals surface area (Å²) < 4.78 is 26.6. The third-order valence-electron chi connectivity index (χ3n) is 3.60. The Morgan fingerprint density at radius 3 is 2.75 bits per heavy atom. The molecule has 6 heteroatoms. The SMILES string of the molecule is O=S(=O)(CCN1CCn2ccnc2C1)c1ccccc1. The fourth-order valence-corrected chi connectivity index (χ4v) is 3.72. The molecular weight excluding hydrogens is 274 g/mol. The maximum atomic E-state index is 12.2. The normalized spacial score (nSPS) is 16.0. The molecule has 0 N–H and O–H groups in total. The molecule has 0 amide bonds. The van der Waals surface area contributed by atoms with E-state index in [1.807, 2.05) is 12.3 Å². The fraction of sp³-hybridized carbons (Fsp3) is 0.357. The van der Waals surface area contributed by atoms with Gasteiger partial charge in [0.05, 0.1) is 17.2 Å². The lowest BCUT2D eigenvalue weighted by atomic mass is 10.3. The van der Waals surface area contributed by atoms with E-state index in [1.54, 1.807) is 30.5 Å². The maximum Gasteiger partial charge on any atom is 0.179 e. The van der Waals surface area contributed by atoms with Gasteiger partial charge >= 0.3 is 0 Å². The second kappa shape index (κ2) is 5.38. The third-order valence-corrected chi connectivity index (χ3v) is 5.31. The first-order valence-corrected chi connectivity index (χ1v) is 8.30. The van der Waals surface area contributed by atoms with Gasteiger partial charge in [0, 0.05) is 32.0 Å². The quantitative estimate of drug-likeness (QED) is 0.848. The van der Waals surface area contributed by atoms with Crippen LogP contribution in [0.1, 0.15) is 5.82 Å². The number of nitrogens with zero attached hydrogens (tertiary/aromatic N) is 3. The van der Waals surface area contributed by atoms with Crippen LogP contribution in [0.25, 0.3) is 0 Å². The van der Waals surface area contributed by atoms with Crippen LogP contribution in [0.3, 0.4) is 0 Å². The Bertz CT molecular complexity index is 679. The highest BCUT2D eigenvalue weighted by atomic mass is 32.2. The highest BCUT2D eigenvalue weighted by molar-refractivity contribution is 7.91. The largest absolute Gasteiger partial charge is 0.333 e. The molecule has 1 aliphatic rings. The summed E-state index contributed by atoms with van der Waals surface area (Å²) in [5.41, 5.74) is 0. The summed E-state index contributed by atoms with van der Waals surface area (Å²) in [4.78, 5) is 6.82. The predicted octanol–water partition coefficient (Wildman–Crippen LogP) is 1.17. The molecule has 0 saturated heterocycles. The van der Waals surface area contributed by atoms with E-state index in [9.17, 15) is 8.42 Å². The molecule has 5 nitrogen and oxygen atoms in total. The van der Waals surface area contributed by atoms with Crippen molar-refractivity contribution in [3.8, 4) is 0 Å². The predicted molar refractivity (Wildman–Crippen MR) is 76.0 cm³/mol. The zero-order chi connectivity index (χ0) is 14.0. The van der Waals surface area contributed by atoms with E-state index in [2.05, 4.69) is 14.5 Å². The van der Waals surface area contributed by atoms with Crippen molar-refractivity contribution in [3.05, 3.63) is 48.5 Å². The molecule has 0 fully saturated rings. The minimum Gasteiger partial charge on any atom is -0.333 e. The number of benzene rings is 1. The first kappa shape index (κ1) is 13.3. The summed E-state index contributed by atoms with van der Waals surface area (Å²) in [6.07, 6.45) is 3.76. The van der Waals surface area contributed by atoms with Gasteiger partial charge in [-0.15, -0.1) is 0 Å². The van der Waals surface area contributed by atoms with Gasteiger partial charge < -0.3 is 4.57 Å². The molecule has 0 bridgehead atoms. The van der Waals surface area contributed by atoms with Gasteiger partial charge in [0.2, 0.25) is 0 Å². The molecule has 0 aliphatic carbocycles. The first-order valence-electron chi connectivity index (χ1n) is 6.65. The van der Waals surface area contributed by atoms with Crippen LogP contribution >= 0.6 is 0 Å². The molecule has 1 aliphatic heterocycles. The molecule has 20 heavy (non-hydrogen) atoms. The van der Waals surface area contributed by atoms with Gasteiger partial charge in [0.25, 0.3) is 0 Å². The average molecular weight is 291 g/mol. The smallest absolute Gasteiger partial charge is 0.179 e. The summed E-state index contributed by atoms with van der Waals surface area (Å²) in [7, 11) is -3.19. The monoisotopic (exact) mass is 291 g/mol. The van der Waals surface area contributed by atoms with E-state index < -0.39 is 9.84 Å². The van der Waals surface area contributed by atoms with Crippen molar-refractivity contribution in [2.45, 2.75) is 18.0 Å². The number of hydrogen-bond donors (Lipinski definition) is 0. The van der Waals surface area contributed by atoms with Gasteiger partial charge in [0.1, 0.15) is 5.82 Å². The molecule has 0 saturated carbocycles. The number of sulfone groups is 1. The molecule has 106 valence electrons. The summed E-state index contributed by atoms with van der Waals surface area (Å²) in [5.74, 6) is 1.16. The lowest BCUT2D eigenvalue weighted by Crippen LogP contribution is -2.36. The van der Waals surface area contributed by atoms with Crippen molar-refractivity contribution in [1.29, 1.82) is 0 Å². The van der Waals surface area contributed by atoms with E-state index in [1.165, 1.54) is 0 Å². The zero-order valence-corrected chi connectivity index (χ0v) is 12.0. The van der Waals surface area contributed by atoms with Crippen LogP contribution in [0.5, 0.6) is 0 Å². The van der Waals surface area contributed by atoms with Gasteiger partial charge in [-0.2, -0.15) is 0 Å². The topological polar surface area (TPSA) is 55.2 Å². The minimum absolute atomic E-state index is 0.151. The van der Waals surface area contributed by atoms with Gasteiger partial charge in [-0.25, -0.2) is 13.4 Å². The van der Waals surface area contributed by atoms with Gasteiger partial charge in [-0.05, 0) is 12.1 Å². The number of hydrogen-bond acceptors (Lipinski definition) is 4. The lowest BCUT2D eigenvalue weighted by Gasteiger charge is -2.27. The second-order valence-electron chi connectivity index (χ2n) is 4.94. The molecule has 3 rings (SSSR count). The Balaban J connectivity index is 1.63. The van der Waals surface area contributed by atoms with E-state index in [0.717, 1.165) is 25.5 Å². The minimum atomic E-state index is -3.19. The lowest BCUT2D eigenvalue weighted by molar-refractivity contribution is 0.229. The molecular formula is C14H17N3O2S. The van der Waals surface area contributed by atoms with Crippen LogP contribution in [0, 0.1) is 0 Å². The van der Waals surface area contributed by atoms with Gasteiger partial charge in [0.15, 0.2) is 9.84 Å².